The molecule has 2 aliphatic carbocycles. The van der Waals surface area contributed by atoms with Crippen molar-refractivity contribution in [2.24, 2.45) is 5.41 Å². The number of para-hydroxylation sites is 2. The molecule has 0 unspecified atom stereocenters. The highest BCUT2D eigenvalue weighted by Gasteiger charge is 2.61. The molecule has 2 saturated carbocycles. The van der Waals surface area contributed by atoms with Gasteiger partial charge < -0.3 is 17.3 Å². The summed E-state index contributed by atoms with van der Waals surface area (Å²) in [5.41, 5.74) is 3.16. The molecule has 2 nitrogen and oxygen atoms in total. The second-order valence-corrected chi connectivity index (χ2v) is 8.15. The lowest BCUT2D eigenvalue weighted by Crippen LogP contribution is -2.57. The quantitative estimate of drug-likeness (QED) is 0.325. The fourth-order valence-electron chi connectivity index (χ4n) is 5.66. The van der Waals surface area contributed by atoms with Gasteiger partial charge in [-0.3, -0.25) is 0 Å². The van der Waals surface area contributed by atoms with Gasteiger partial charge in [0, 0.05) is 0 Å². The normalized spacial score (nSPS) is 28.1. The van der Waals surface area contributed by atoms with Crippen LogP contribution in [-0.4, -0.2) is 30.3 Å². The van der Waals surface area contributed by atoms with Crippen molar-refractivity contribution in [1.29, 1.82) is 0 Å². The van der Waals surface area contributed by atoms with E-state index in [1.807, 2.05) is 0 Å². The Balaban J connectivity index is 0.000000369. The molecule has 0 saturated heterocycles. The van der Waals surface area contributed by atoms with Gasteiger partial charge in [0.1, 0.15) is 23.5 Å². The third-order valence-electron chi connectivity index (χ3n) is 6.60. The Hall–Kier alpha value is -2.31. The van der Waals surface area contributed by atoms with Crippen LogP contribution in [-0.2, 0) is 0 Å². The summed E-state index contributed by atoms with van der Waals surface area (Å²) in [6, 6.07) is 23.3. The Kier molecular flexibility index (Phi) is 5.41. The molecule has 0 radical (unpaired) electrons. The predicted octanol–water partition coefficient (Wildman–Crippen LogP) is 6.27. The number of benzene rings is 2. The van der Waals surface area contributed by atoms with Gasteiger partial charge >= 0.3 is 7.25 Å². The van der Waals surface area contributed by atoms with Gasteiger partial charge in [0.25, 0.3) is 0 Å². The molecule has 2 aromatic rings. The number of hydrogen-bond acceptors (Lipinski definition) is 1. The minimum Gasteiger partial charge on any atom is -0.418 e. The van der Waals surface area contributed by atoms with E-state index in [1.165, 1.54) is 49.9 Å². The van der Waals surface area contributed by atoms with Crippen LogP contribution in [0.3, 0.4) is 0 Å². The first-order valence-electron chi connectivity index (χ1n) is 10.3. The van der Waals surface area contributed by atoms with Crippen molar-refractivity contribution in [2.45, 2.75) is 50.6 Å². The lowest BCUT2D eigenvalue weighted by Gasteiger charge is -2.42. The smallest absolute Gasteiger partial charge is 0.418 e. The average Bonchev–Trinajstić information content (AvgIpc) is 3.32. The summed E-state index contributed by atoms with van der Waals surface area (Å²) in [4.78, 5) is 2.59. The van der Waals surface area contributed by atoms with Crippen molar-refractivity contribution in [2.75, 3.05) is 4.90 Å². The zero-order valence-electron chi connectivity index (χ0n) is 16.2. The van der Waals surface area contributed by atoms with Crippen LogP contribution in [0.4, 0.5) is 28.6 Å². The van der Waals surface area contributed by atoms with Crippen LogP contribution in [0.25, 0.3) is 0 Å². The lowest BCUT2D eigenvalue weighted by atomic mass is 9.75. The molecule has 0 bridgehead atoms. The third kappa shape index (κ3) is 4.05. The highest BCUT2D eigenvalue weighted by molar-refractivity contribution is 6.50. The number of halogens is 4. The second-order valence-electron chi connectivity index (χ2n) is 8.15. The lowest BCUT2D eigenvalue weighted by molar-refractivity contribution is -0.505. The van der Waals surface area contributed by atoms with Crippen LogP contribution < -0.4 is 4.90 Å². The van der Waals surface area contributed by atoms with Crippen LogP contribution in [0, 0.1) is 5.41 Å². The molecule has 2 fully saturated rings. The van der Waals surface area contributed by atoms with E-state index in [2.05, 4.69) is 76.5 Å². The highest BCUT2D eigenvalue weighted by Crippen LogP contribution is 2.56. The van der Waals surface area contributed by atoms with Gasteiger partial charge in [-0.05, 0) is 62.8 Å². The Morgan fingerprint density at radius 3 is 2.00 bits per heavy atom. The molecule has 0 aromatic heterocycles. The fourth-order valence-corrected chi connectivity index (χ4v) is 5.66. The van der Waals surface area contributed by atoms with E-state index >= 15 is 0 Å². The van der Waals surface area contributed by atoms with Crippen LogP contribution in [0.1, 0.15) is 38.5 Å². The first-order valence-corrected chi connectivity index (χ1v) is 10.3. The van der Waals surface area contributed by atoms with E-state index in [9.17, 15) is 17.3 Å². The summed E-state index contributed by atoms with van der Waals surface area (Å²) in [6.07, 6.45) is 10.6. The van der Waals surface area contributed by atoms with Gasteiger partial charge in [0.2, 0.25) is 6.34 Å². The van der Waals surface area contributed by atoms with Crippen molar-refractivity contribution >= 4 is 25.0 Å². The maximum atomic E-state index is 9.75. The predicted molar refractivity (Wildman–Crippen MR) is 109 cm³/mol. The molecule has 7 heteroatoms. The first-order chi connectivity index (χ1) is 13.9. The molecule has 0 N–H and O–H groups in total. The zero-order valence-corrected chi connectivity index (χ0v) is 16.2. The van der Waals surface area contributed by atoms with E-state index in [0.717, 1.165) is 0 Å². The van der Waals surface area contributed by atoms with Crippen LogP contribution in [0.5, 0.6) is 0 Å². The summed E-state index contributed by atoms with van der Waals surface area (Å²) in [6.45, 7) is 0. The summed E-state index contributed by atoms with van der Waals surface area (Å²) in [7, 11) is -6.00. The van der Waals surface area contributed by atoms with E-state index in [-0.39, 0.29) is 0 Å². The van der Waals surface area contributed by atoms with Gasteiger partial charge in [-0.1, -0.05) is 36.4 Å². The molecule has 1 spiro atoms. The minimum atomic E-state index is -6.00. The van der Waals surface area contributed by atoms with Crippen molar-refractivity contribution in [3.8, 4) is 0 Å². The molecule has 3 aliphatic rings. The first kappa shape index (κ1) is 20.0. The van der Waals surface area contributed by atoms with Gasteiger partial charge in [-0.2, -0.15) is 0 Å². The monoisotopic (exact) mass is 404 g/mol. The van der Waals surface area contributed by atoms with E-state index in [0.29, 0.717) is 17.5 Å². The summed E-state index contributed by atoms with van der Waals surface area (Å²) < 4.78 is 41.6. The van der Waals surface area contributed by atoms with Crippen LogP contribution >= 0.6 is 0 Å². The van der Waals surface area contributed by atoms with Crippen molar-refractivity contribution < 1.29 is 21.8 Å². The van der Waals surface area contributed by atoms with E-state index < -0.39 is 7.25 Å². The second kappa shape index (κ2) is 7.84. The van der Waals surface area contributed by atoms with Gasteiger partial charge in [0.05, 0.1) is 5.41 Å². The Bertz CT molecular complexity index is 846. The molecular formula is C22H25BF4N2. The Morgan fingerprint density at radius 1 is 0.828 bits per heavy atom. The van der Waals surface area contributed by atoms with E-state index in [1.54, 1.807) is 0 Å². The molecule has 2 aromatic carbocycles. The molecule has 5 rings (SSSR count). The molecule has 1 heterocycles. The van der Waals surface area contributed by atoms with Gasteiger partial charge in [0.15, 0.2) is 0 Å². The zero-order chi connectivity index (χ0) is 20.5. The third-order valence-corrected chi connectivity index (χ3v) is 6.60. The SMILES string of the molecule is C1=[N+](c2ccccc2)[C@H]2CCC[C@]23CCC[C@@H]3N1c1ccccc1.F[B-](F)(F)F. The van der Waals surface area contributed by atoms with Crippen molar-refractivity contribution in [3.63, 3.8) is 0 Å². The number of anilines is 1. The average molecular weight is 404 g/mol. The number of hydrogen-bond donors (Lipinski definition) is 0. The van der Waals surface area contributed by atoms with Crippen LogP contribution in [0.15, 0.2) is 60.7 Å². The molecule has 29 heavy (non-hydrogen) atoms. The molecule has 3 atom stereocenters. The van der Waals surface area contributed by atoms with Crippen molar-refractivity contribution in [1.82, 2.24) is 0 Å². The summed E-state index contributed by atoms with van der Waals surface area (Å²) in [5.74, 6) is 0. The Morgan fingerprint density at radius 2 is 1.38 bits per heavy atom. The maximum Gasteiger partial charge on any atom is 0.673 e. The summed E-state index contributed by atoms with van der Waals surface area (Å²) >= 11 is 0. The highest BCUT2D eigenvalue weighted by atomic mass is 19.5. The standard InChI is InChI=1S/C22H25N2.BF4/c1-3-9-18(10-4-1)23-17-24(19-11-5-2-6-12-19)21-14-8-16-22(21)15-7-13-20(22)23;2-1(3,4)5/h1-6,9-12,17,20-21H,7-8,13-16H2;/q+1;-1/t20-,21-,22-;/m0./s1. The topological polar surface area (TPSA) is 6.25 Å². The van der Waals surface area contributed by atoms with Gasteiger partial charge in [-0.15, -0.1) is 0 Å². The minimum absolute atomic E-state index is 0.473. The molecule has 1 aliphatic heterocycles. The molecule has 0 amide bonds. The van der Waals surface area contributed by atoms with Gasteiger partial charge in [-0.25, -0.2) is 9.48 Å². The molecule has 154 valence electrons. The number of nitrogens with zero attached hydrogens (tertiary/aromatic N) is 2. The van der Waals surface area contributed by atoms with E-state index in [4.69, 9.17) is 0 Å². The largest absolute Gasteiger partial charge is 0.673 e. The Labute approximate surface area is 169 Å². The maximum absolute atomic E-state index is 9.75. The van der Waals surface area contributed by atoms with Crippen LogP contribution in [0.2, 0.25) is 0 Å². The number of rotatable bonds is 2. The molecular weight excluding hydrogens is 379 g/mol. The van der Waals surface area contributed by atoms with Crippen molar-refractivity contribution in [3.05, 3.63) is 60.7 Å². The fraction of sp³-hybridized carbons (Fsp3) is 0.409. The summed E-state index contributed by atoms with van der Waals surface area (Å²) in [5, 5.41) is 0.